The zero-order chi connectivity index (χ0) is 18.1. The first-order valence-electron chi connectivity index (χ1n) is 8.86. The van der Waals surface area contributed by atoms with Crippen LogP contribution < -0.4 is 10.9 Å². The van der Waals surface area contributed by atoms with Gasteiger partial charge >= 0.3 is 0 Å². The van der Waals surface area contributed by atoms with Gasteiger partial charge in [0.1, 0.15) is 5.56 Å². The van der Waals surface area contributed by atoms with E-state index in [1.807, 2.05) is 45.9 Å². The summed E-state index contributed by atoms with van der Waals surface area (Å²) < 4.78 is 1.64. The second kappa shape index (κ2) is 6.82. The molecule has 0 spiro atoms. The number of nitrogens with zero attached hydrogens (tertiary/aromatic N) is 2. The fourth-order valence-corrected chi connectivity index (χ4v) is 3.40. The average molecular weight is 339 g/mol. The van der Waals surface area contributed by atoms with Crippen LogP contribution in [0, 0.1) is 26.7 Å². The number of aryl methyl sites for hydroxylation is 3. The molecule has 2 aromatic rings. The van der Waals surface area contributed by atoms with Crippen molar-refractivity contribution in [3.8, 4) is 0 Å². The van der Waals surface area contributed by atoms with E-state index in [0.717, 1.165) is 35.4 Å². The van der Waals surface area contributed by atoms with Crippen LogP contribution in [-0.4, -0.2) is 15.5 Å². The number of hydrogen-bond acceptors (Lipinski definition) is 3. The quantitative estimate of drug-likeness (QED) is 0.910. The summed E-state index contributed by atoms with van der Waals surface area (Å²) in [5.41, 5.74) is 3.60. The van der Waals surface area contributed by atoms with Gasteiger partial charge in [0, 0.05) is 18.4 Å². The zero-order valence-electron chi connectivity index (χ0n) is 15.3. The minimum atomic E-state index is -0.301. The van der Waals surface area contributed by atoms with Crippen molar-refractivity contribution in [2.75, 3.05) is 0 Å². The van der Waals surface area contributed by atoms with Crippen LogP contribution in [-0.2, 0) is 6.54 Å². The highest BCUT2D eigenvalue weighted by Gasteiger charge is 2.35. The van der Waals surface area contributed by atoms with Gasteiger partial charge in [0.15, 0.2) is 0 Å². The molecule has 132 valence electrons. The Hall–Kier alpha value is -2.43. The summed E-state index contributed by atoms with van der Waals surface area (Å²) >= 11 is 0. The second-order valence-corrected chi connectivity index (χ2v) is 6.94. The number of amides is 1. The predicted octanol–water partition coefficient (Wildman–Crippen LogP) is 3.07. The minimum Gasteiger partial charge on any atom is -0.343 e. The van der Waals surface area contributed by atoms with Crippen LogP contribution in [0.3, 0.4) is 0 Å². The van der Waals surface area contributed by atoms with Crippen LogP contribution >= 0.6 is 0 Å². The van der Waals surface area contributed by atoms with E-state index in [0.29, 0.717) is 12.5 Å². The van der Waals surface area contributed by atoms with Crippen molar-refractivity contribution in [1.82, 2.24) is 14.9 Å². The van der Waals surface area contributed by atoms with Crippen molar-refractivity contribution in [2.24, 2.45) is 5.92 Å². The summed E-state index contributed by atoms with van der Waals surface area (Å²) in [6, 6.07) is 5.72. The van der Waals surface area contributed by atoms with Gasteiger partial charge in [0.05, 0.1) is 11.7 Å². The first kappa shape index (κ1) is 17.4. The summed E-state index contributed by atoms with van der Waals surface area (Å²) in [4.78, 5) is 30.1. The Bertz CT molecular complexity index is 866. The number of rotatable bonds is 5. The van der Waals surface area contributed by atoms with Gasteiger partial charge < -0.3 is 9.88 Å². The molecule has 0 radical (unpaired) electrons. The Morgan fingerprint density at radius 2 is 2.04 bits per heavy atom. The van der Waals surface area contributed by atoms with E-state index < -0.39 is 0 Å². The Kier molecular flexibility index (Phi) is 4.75. The largest absolute Gasteiger partial charge is 0.343 e. The van der Waals surface area contributed by atoms with Crippen LogP contribution in [0.2, 0.25) is 0 Å². The Balaban J connectivity index is 1.94. The molecule has 2 aromatic heterocycles. The molecule has 3 rings (SSSR count). The molecular weight excluding hydrogens is 314 g/mol. The summed E-state index contributed by atoms with van der Waals surface area (Å²) in [6.07, 6.45) is 3.92. The lowest BCUT2D eigenvalue weighted by Crippen LogP contribution is -2.37. The standard InChI is InChI=1S/C20H25N3O2/c1-5-23-14(4)11-13(3)17(20(23)25)19(24)22-18(15-6-7-15)16-10-12(2)8-9-21-16/h8-11,15,18H,5-7H2,1-4H3,(H,22,24)/t18-/m0/s1. The van der Waals surface area contributed by atoms with Crippen LogP contribution in [0.4, 0.5) is 0 Å². The van der Waals surface area contributed by atoms with Gasteiger partial charge in [-0.1, -0.05) is 0 Å². The molecular formula is C20H25N3O2. The van der Waals surface area contributed by atoms with Crippen molar-refractivity contribution in [3.05, 3.63) is 62.8 Å². The highest BCUT2D eigenvalue weighted by atomic mass is 16.2. The molecule has 5 nitrogen and oxygen atoms in total. The van der Waals surface area contributed by atoms with E-state index in [2.05, 4.69) is 10.3 Å². The van der Waals surface area contributed by atoms with Crippen LogP contribution in [0.5, 0.6) is 0 Å². The van der Waals surface area contributed by atoms with Crippen LogP contribution in [0.25, 0.3) is 0 Å². The van der Waals surface area contributed by atoms with E-state index in [1.165, 1.54) is 0 Å². The minimum absolute atomic E-state index is 0.137. The molecule has 1 saturated carbocycles. The number of hydrogen-bond donors (Lipinski definition) is 1. The number of carbonyl (C=O) groups excluding carboxylic acids is 1. The molecule has 1 fully saturated rings. The van der Waals surface area contributed by atoms with Crippen molar-refractivity contribution < 1.29 is 4.79 Å². The number of carbonyl (C=O) groups is 1. The maximum absolute atomic E-state index is 12.9. The molecule has 1 atom stereocenters. The van der Waals surface area contributed by atoms with E-state index >= 15 is 0 Å². The first-order chi connectivity index (χ1) is 11.9. The molecule has 0 aliphatic heterocycles. The smallest absolute Gasteiger partial charge is 0.263 e. The number of nitrogens with one attached hydrogen (secondary N) is 1. The van der Waals surface area contributed by atoms with Gasteiger partial charge in [0.2, 0.25) is 0 Å². The highest BCUT2D eigenvalue weighted by Crippen LogP contribution is 2.40. The predicted molar refractivity (Wildman–Crippen MR) is 97.8 cm³/mol. The molecule has 0 aromatic carbocycles. The highest BCUT2D eigenvalue weighted by molar-refractivity contribution is 5.95. The third-order valence-electron chi connectivity index (χ3n) is 4.88. The third kappa shape index (κ3) is 3.50. The van der Waals surface area contributed by atoms with Gasteiger partial charge in [-0.2, -0.15) is 0 Å². The monoisotopic (exact) mass is 339 g/mol. The van der Waals surface area contributed by atoms with Crippen molar-refractivity contribution in [1.29, 1.82) is 0 Å². The Morgan fingerprint density at radius 3 is 2.64 bits per heavy atom. The van der Waals surface area contributed by atoms with Gasteiger partial charge in [-0.15, -0.1) is 0 Å². The third-order valence-corrected chi connectivity index (χ3v) is 4.88. The molecule has 1 N–H and O–H groups in total. The van der Waals surface area contributed by atoms with Gasteiger partial charge in [-0.3, -0.25) is 14.6 Å². The second-order valence-electron chi connectivity index (χ2n) is 6.94. The fraction of sp³-hybridized carbons (Fsp3) is 0.450. The molecule has 0 saturated heterocycles. The van der Waals surface area contributed by atoms with Crippen molar-refractivity contribution in [3.63, 3.8) is 0 Å². The van der Waals surface area contributed by atoms with E-state index in [-0.39, 0.29) is 23.1 Å². The maximum atomic E-state index is 12.9. The number of aromatic nitrogens is 2. The van der Waals surface area contributed by atoms with Crippen LogP contribution in [0.15, 0.2) is 29.2 Å². The van der Waals surface area contributed by atoms with E-state index in [4.69, 9.17) is 0 Å². The van der Waals surface area contributed by atoms with Crippen molar-refractivity contribution >= 4 is 5.91 Å². The topological polar surface area (TPSA) is 64.0 Å². The molecule has 2 heterocycles. The average Bonchev–Trinajstić information content (AvgIpc) is 3.37. The van der Waals surface area contributed by atoms with Gasteiger partial charge in [-0.05, 0) is 75.8 Å². The Labute approximate surface area is 148 Å². The van der Waals surface area contributed by atoms with Gasteiger partial charge in [-0.25, -0.2) is 0 Å². The molecule has 1 amide bonds. The SMILES string of the molecule is CCn1c(C)cc(C)c(C(=O)N[C@H](c2cc(C)ccn2)C2CC2)c1=O. The summed E-state index contributed by atoms with van der Waals surface area (Å²) in [6.45, 7) is 8.19. The summed E-state index contributed by atoms with van der Waals surface area (Å²) in [5.74, 6) is 0.0994. The number of pyridine rings is 2. The van der Waals surface area contributed by atoms with Gasteiger partial charge in [0.25, 0.3) is 11.5 Å². The normalized spacial score (nSPS) is 15.0. The molecule has 1 aliphatic carbocycles. The summed E-state index contributed by atoms with van der Waals surface area (Å²) in [7, 11) is 0. The van der Waals surface area contributed by atoms with Crippen LogP contribution in [0.1, 0.15) is 58.7 Å². The molecule has 1 aliphatic rings. The lowest BCUT2D eigenvalue weighted by molar-refractivity contribution is 0.0928. The zero-order valence-corrected chi connectivity index (χ0v) is 15.3. The molecule has 0 bridgehead atoms. The molecule has 0 unspecified atom stereocenters. The molecule has 5 heteroatoms. The van der Waals surface area contributed by atoms with Crippen molar-refractivity contribution in [2.45, 2.75) is 53.1 Å². The molecule has 25 heavy (non-hydrogen) atoms. The fourth-order valence-electron chi connectivity index (χ4n) is 3.40. The lowest BCUT2D eigenvalue weighted by Gasteiger charge is -2.19. The van der Waals surface area contributed by atoms with E-state index in [9.17, 15) is 9.59 Å². The maximum Gasteiger partial charge on any atom is 0.263 e. The first-order valence-corrected chi connectivity index (χ1v) is 8.86. The lowest BCUT2D eigenvalue weighted by atomic mass is 10.0. The summed E-state index contributed by atoms with van der Waals surface area (Å²) in [5, 5.41) is 3.08. The Morgan fingerprint density at radius 1 is 1.32 bits per heavy atom. The van der Waals surface area contributed by atoms with E-state index in [1.54, 1.807) is 10.8 Å².